The Labute approximate surface area is 125 Å². The average molecular weight is 330 g/mol. The van der Waals surface area contributed by atoms with Crippen molar-refractivity contribution < 1.29 is 51.7 Å². The molecular formula is C11H26O5Zr. The monoisotopic (exact) mass is 328 g/mol. The second kappa shape index (κ2) is 71.8. The summed E-state index contributed by atoms with van der Waals surface area (Å²) >= 11 is 0. The van der Waals surface area contributed by atoms with Gasteiger partial charge in [0, 0.05) is 6.61 Å². The number of hydrogen-bond acceptors (Lipinski definition) is 5. The van der Waals surface area contributed by atoms with E-state index in [9.17, 15) is 5.11 Å². The first-order chi connectivity index (χ1) is 7.39. The topological polar surface area (TPSA) is 112 Å². The maximum Gasteiger partial charge on any atom is 4.00 e. The van der Waals surface area contributed by atoms with Crippen LogP contribution >= 0.6 is 0 Å². The third-order valence-electron chi connectivity index (χ3n) is 0. The van der Waals surface area contributed by atoms with Crippen molar-refractivity contribution in [2.75, 3.05) is 26.4 Å². The molecule has 0 saturated heterocycles. The second-order valence-electron chi connectivity index (χ2n) is 1.88. The smallest absolute Gasteiger partial charge is 0.876 e. The van der Waals surface area contributed by atoms with E-state index >= 15 is 0 Å². The summed E-state index contributed by atoms with van der Waals surface area (Å²) in [4.78, 5) is 0. The van der Waals surface area contributed by atoms with Gasteiger partial charge in [0.1, 0.15) is 0 Å². The second-order valence-corrected chi connectivity index (χ2v) is 1.88. The summed E-state index contributed by atoms with van der Waals surface area (Å²) in [6.45, 7) is 11.1. The van der Waals surface area contributed by atoms with Crippen LogP contribution in [0.3, 0.4) is 0 Å². The van der Waals surface area contributed by atoms with Gasteiger partial charge in [0.25, 0.3) is 0 Å². The van der Waals surface area contributed by atoms with Crippen molar-refractivity contribution >= 4 is 0 Å². The van der Waals surface area contributed by atoms with Gasteiger partial charge in [0.2, 0.25) is 0 Å². The molecule has 5 nitrogen and oxygen atoms in total. The minimum Gasteiger partial charge on any atom is -0.876 e. The molecule has 0 aliphatic heterocycles. The van der Waals surface area contributed by atoms with Gasteiger partial charge >= 0.3 is 26.2 Å². The molecule has 0 aromatic heterocycles. The fourth-order valence-electron chi connectivity index (χ4n) is 0. The van der Waals surface area contributed by atoms with E-state index in [1.54, 1.807) is 27.7 Å². The fraction of sp³-hybridized carbons (Fsp3) is 0.818. The molecule has 0 aromatic rings. The number of rotatable bonds is 0. The Balaban J connectivity index is -0.0000000221. The first kappa shape index (κ1) is 36.0. The van der Waals surface area contributed by atoms with Crippen LogP contribution in [0.1, 0.15) is 34.6 Å². The van der Waals surface area contributed by atoms with E-state index in [4.69, 9.17) is 20.4 Å². The molecule has 17 heavy (non-hydrogen) atoms. The largest absolute Gasteiger partial charge is 4.00 e. The van der Waals surface area contributed by atoms with E-state index < -0.39 is 0 Å². The van der Waals surface area contributed by atoms with E-state index in [0.717, 1.165) is 0 Å². The summed E-state index contributed by atoms with van der Waals surface area (Å²) in [5.74, 6) is -0.0833. The summed E-state index contributed by atoms with van der Waals surface area (Å²) in [6, 6.07) is 0. The van der Waals surface area contributed by atoms with Crippen LogP contribution in [0.4, 0.5) is 0 Å². The number of allylic oxidation sites excluding steroid dienone is 1. The van der Waals surface area contributed by atoms with Crippen molar-refractivity contribution in [2.24, 2.45) is 0 Å². The van der Waals surface area contributed by atoms with Gasteiger partial charge in [-0.1, -0.05) is 27.7 Å². The van der Waals surface area contributed by atoms with Crippen LogP contribution in [0.25, 0.3) is 0 Å². The molecule has 0 aromatic carbocycles. The molecule has 0 radical (unpaired) electrons. The van der Waals surface area contributed by atoms with Gasteiger partial charge in [-0.3, -0.25) is 0 Å². The van der Waals surface area contributed by atoms with Gasteiger partial charge in [-0.15, -0.1) is 32.2 Å². The molecule has 0 fully saturated rings. The maximum absolute atomic E-state index is 9.33. The van der Waals surface area contributed by atoms with Gasteiger partial charge in [-0.05, 0) is 6.92 Å². The maximum atomic E-state index is 9.33. The Morgan fingerprint density at radius 3 is 0.941 bits per heavy atom. The van der Waals surface area contributed by atoms with Crippen molar-refractivity contribution in [2.45, 2.75) is 34.6 Å². The molecule has 0 bridgehead atoms. The molecule has 0 aliphatic rings. The van der Waals surface area contributed by atoms with Crippen LogP contribution < -0.4 is 20.4 Å². The van der Waals surface area contributed by atoms with Crippen LogP contribution in [0, 0.1) is 0 Å². The molecular weight excluding hydrogens is 303 g/mol. The molecule has 0 unspecified atom stereocenters. The summed E-state index contributed by atoms with van der Waals surface area (Å²) < 4.78 is 0. The van der Waals surface area contributed by atoms with Crippen molar-refractivity contribution in [1.82, 2.24) is 0 Å². The predicted octanol–water partition coefficient (Wildman–Crippen LogP) is -2.02. The van der Waals surface area contributed by atoms with Crippen LogP contribution in [0.15, 0.2) is 12.3 Å². The minimum atomic E-state index is -0.0833. The third-order valence-corrected chi connectivity index (χ3v) is 0. The van der Waals surface area contributed by atoms with Crippen molar-refractivity contribution in [3.8, 4) is 0 Å². The number of aliphatic hydroxyl groups excluding tert-OH is 1. The van der Waals surface area contributed by atoms with E-state index in [1.165, 1.54) is 6.92 Å². The van der Waals surface area contributed by atoms with Crippen molar-refractivity contribution in [1.29, 1.82) is 0 Å². The predicted molar refractivity (Wildman–Crippen MR) is 59.2 cm³/mol. The Bertz CT molecular complexity index is 70.3. The zero-order valence-corrected chi connectivity index (χ0v) is 14.1. The molecule has 0 atom stereocenters. The fourth-order valence-corrected chi connectivity index (χ4v) is 0. The molecule has 104 valence electrons. The normalized spacial score (nSPS) is 5.71. The Hall–Kier alpha value is 0.263. The molecule has 0 rings (SSSR count). The van der Waals surface area contributed by atoms with Gasteiger partial charge in [0.05, 0.1) is 0 Å². The SMILES string of the molecule is C=C(C)[O-].CCO.CC[O-].CC[O-].CC[O-].[Zr+4]. The van der Waals surface area contributed by atoms with Crippen molar-refractivity contribution in [3.63, 3.8) is 0 Å². The van der Waals surface area contributed by atoms with Gasteiger partial charge < -0.3 is 25.5 Å². The molecule has 0 heterocycles. The van der Waals surface area contributed by atoms with E-state index in [1.807, 2.05) is 0 Å². The van der Waals surface area contributed by atoms with Gasteiger partial charge in [-0.2, -0.15) is 0 Å². The third kappa shape index (κ3) is 47800. The Morgan fingerprint density at radius 1 is 0.941 bits per heavy atom. The first-order valence-corrected chi connectivity index (χ1v) is 5.07. The standard InChI is InChI=1S/C3H6O.C2H6O.3C2H5O.Zr/c1-3(2)4;4*1-2-3;/h4H,1H2,2H3;3H,2H2,1H3;3*2H2,1H3;/q;;3*-1;+4/p-1. The molecule has 6 heteroatoms. The quantitative estimate of drug-likeness (QED) is 0.515. The number of aliphatic hydroxyl groups is 1. The zero-order chi connectivity index (χ0) is 14.4. The molecule has 0 saturated carbocycles. The Morgan fingerprint density at radius 2 is 0.941 bits per heavy atom. The Kier molecular flexibility index (Phi) is 152. The van der Waals surface area contributed by atoms with E-state index in [-0.39, 0.29) is 58.4 Å². The molecule has 1 N–H and O–H groups in total. The van der Waals surface area contributed by atoms with E-state index in [0.29, 0.717) is 0 Å². The molecule has 0 amide bonds. The van der Waals surface area contributed by atoms with Crippen molar-refractivity contribution in [3.05, 3.63) is 12.3 Å². The number of hydrogen-bond donors (Lipinski definition) is 1. The van der Waals surface area contributed by atoms with Gasteiger partial charge in [0.15, 0.2) is 0 Å². The molecule has 0 spiro atoms. The summed E-state index contributed by atoms with van der Waals surface area (Å²) in [5.41, 5.74) is 0. The summed E-state index contributed by atoms with van der Waals surface area (Å²) in [5, 5.41) is 43.7. The van der Waals surface area contributed by atoms with Crippen LogP contribution in [-0.4, -0.2) is 31.5 Å². The van der Waals surface area contributed by atoms with Crippen LogP contribution in [0.2, 0.25) is 0 Å². The average Bonchev–Trinajstić information content (AvgIpc) is 2.06. The summed E-state index contributed by atoms with van der Waals surface area (Å²) in [6.07, 6.45) is 0. The minimum absolute atomic E-state index is 0. The van der Waals surface area contributed by atoms with Crippen LogP contribution in [-0.2, 0) is 26.2 Å². The van der Waals surface area contributed by atoms with Crippen LogP contribution in [0.5, 0.6) is 0 Å². The summed E-state index contributed by atoms with van der Waals surface area (Å²) in [7, 11) is 0. The van der Waals surface area contributed by atoms with E-state index in [2.05, 4.69) is 6.58 Å². The first-order valence-electron chi connectivity index (χ1n) is 5.07. The molecule has 0 aliphatic carbocycles. The van der Waals surface area contributed by atoms with Gasteiger partial charge in [-0.25, -0.2) is 0 Å². The zero-order valence-electron chi connectivity index (χ0n) is 11.6.